The Morgan fingerprint density at radius 2 is 1.54 bits per heavy atom. The molecule has 84 heavy (non-hydrogen) atoms. The standard InChI is InChI=1S/C58H73F3N10O12S/c1-36(2)51(68-48(73)14-8-5-9-27-70-49(74)21-22-50(70)75)55(77)67-46(13-10-26-63-57(62)79)54(76)64-42-18-15-39(16-19-42)35-83-58(80)65-43(32-59)23-28-71(56(78)37(3)72)52(40-24-29-84(81,82)30-25-40)53-66-47(44-31-41(60)17-20-45(44)61)34-69(53)33-38-11-6-4-7-12-38/h4,6-7,11-12,15-22,31,34,36-37,40,43,46,51-52,72H,5,8-10,13-14,23-30,32-33,35H2,1-3H3,(H,64,76)(H,65,80)(H,67,77)(H,68,73)(H3,62,63,79). The Balaban J connectivity index is 1.09. The molecule has 2 aliphatic heterocycles. The highest BCUT2D eigenvalue weighted by atomic mass is 32.2. The Bertz CT molecular complexity index is 3080. The van der Waals surface area contributed by atoms with Crippen molar-refractivity contribution in [3.05, 3.63) is 120 Å². The number of amides is 9. The maximum Gasteiger partial charge on any atom is 0.407 e. The van der Waals surface area contributed by atoms with Gasteiger partial charge in [-0.2, -0.15) is 0 Å². The first kappa shape index (κ1) is 65.0. The fourth-order valence-electron chi connectivity index (χ4n) is 9.82. The molecule has 1 fully saturated rings. The van der Waals surface area contributed by atoms with E-state index in [9.17, 15) is 60.7 Å². The summed E-state index contributed by atoms with van der Waals surface area (Å²) >= 11 is 0. The first-order chi connectivity index (χ1) is 40.0. The molecule has 1 aromatic heterocycles. The van der Waals surface area contributed by atoms with Gasteiger partial charge in [0.15, 0.2) is 0 Å². The lowest BCUT2D eigenvalue weighted by Gasteiger charge is -2.39. The van der Waals surface area contributed by atoms with Crippen molar-refractivity contribution in [1.29, 1.82) is 0 Å². The summed E-state index contributed by atoms with van der Waals surface area (Å²) in [6, 6.07) is 12.8. The number of carbonyl (C=O) groups is 8. The van der Waals surface area contributed by atoms with Crippen molar-refractivity contribution < 1.29 is 69.8 Å². The number of alkyl halides is 1. The number of hydrogen-bond acceptors (Lipinski definition) is 13. The van der Waals surface area contributed by atoms with E-state index in [1.54, 1.807) is 42.7 Å². The molecule has 0 aliphatic carbocycles. The number of alkyl carbamates (subject to hydrolysis) is 1. The number of sulfone groups is 1. The number of nitrogens with zero attached hydrogens (tertiary/aromatic N) is 4. The molecular formula is C58H73F3N10O12S. The highest BCUT2D eigenvalue weighted by Crippen LogP contribution is 2.39. The number of benzene rings is 3. The fraction of sp³-hybridized carbons (Fsp3) is 0.466. The van der Waals surface area contributed by atoms with Crippen LogP contribution in [0, 0.1) is 23.5 Å². The average molecular weight is 1190 g/mol. The molecule has 6 rings (SSSR count). The van der Waals surface area contributed by atoms with Gasteiger partial charge in [0.25, 0.3) is 17.7 Å². The minimum absolute atomic E-state index is 0.0221. The van der Waals surface area contributed by atoms with Crippen molar-refractivity contribution in [1.82, 2.24) is 40.6 Å². The topological polar surface area (TPSA) is 311 Å². The van der Waals surface area contributed by atoms with Crippen LogP contribution in [0.1, 0.15) is 102 Å². The van der Waals surface area contributed by atoms with Crippen LogP contribution in [-0.4, -0.2) is 142 Å². The van der Waals surface area contributed by atoms with Crippen LogP contribution in [0.15, 0.2) is 91.1 Å². The average Bonchev–Trinajstić information content (AvgIpc) is 2.19. The number of nitrogens with two attached hydrogens (primary N) is 1. The van der Waals surface area contributed by atoms with Crippen molar-refractivity contribution in [2.24, 2.45) is 17.6 Å². The number of aliphatic hydroxyl groups excluding tert-OH is 1. The lowest BCUT2D eigenvalue weighted by Crippen LogP contribution is -2.54. The number of imide groups is 1. The Hall–Kier alpha value is -8.13. The highest BCUT2D eigenvalue weighted by molar-refractivity contribution is 7.91. The molecular weight excluding hydrogens is 1120 g/mol. The zero-order valence-corrected chi connectivity index (χ0v) is 47.9. The zero-order valence-electron chi connectivity index (χ0n) is 47.1. The van der Waals surface area contributed by atoms with E-state index in [1.807, 2.05) is 18.2 Å². The summed E-state index contributed by atoms with van der Waals surface area (Å²) in [5.74, 6) is -6.02. The van der Waals surface area contributed by atoms with E-state index in [1.165, 1.54) is 42.3 Å². The Morgan fingerprint density at radius 3 is 2.18 bits per heavy atom. The Morgan fingerprint density at radius 1 is 0.845 bits per heavy atom. The molecule has 2 aliphatic rings. The molecule has 5 unspecified atom stereocenters. The molecule has 1 saturated heterocycles. The lowest BCUT2D eigenvalue weighted by molar-refractivity contribution is -0.144. The lowest BCUT2D eigenvalue weighted by atomic mass is 9.90. The number of primary amides is 1. The van der Waals surface area contributed by atoms with E-state index < -0.39 is 106 Å². The van der Waals surface area contributed by atoms with Gasteiger partial charge >= 0.3 is 12.1 Å². The smallest absolute Gasteiger partial charge is 0.407 e. The van der Waals surface area contributed by atoms with E-state index in [-0.39, 0.29) is 117 Å². The number of unbranched alkanes of at least 4 members (excludes halogenated alkanes) is 2. The summed E-state index contributed by atoms with van der Waals surface area (Å²) in [6.45, 7) is 3.41. The molecule has 3 aromatic carbocycles. The molecule has 0 saturated carbocycles. The van der Waals surface area contributed by atoms with Crippen molar-refractivity contribution in [2.75, 3.05) is 43.1 Å². The van der Waals surface area contributed by atoms with Crippen molar-refractivity contribution in [3.63, 3.8) is 0 Å². The van der Waals surface area contributed by atoms with Gasteiger partial charge in [0.05, 0.1) is 29.3 Å². The number of rotatable bonds is 30. The van der Waals surface area contributed by atoms with Crippen LogP contribution in [0.5, 0.6) is 0 Å². The normalized spacial score (nSPS) is 15.8. The SMILES string of the molecule is CC(O)C(=O)N(CCC(CF)NC(=O)OCc1ccc(NC(=O)C(CCCNC(N)=O)NC(=O)C(NC(=O)CCCCCN2C(=O)C=CC2=O)C(C)C)cc1)C(c1nc(-c2cc(F)ccc2F)cn1Cc1ccccc1)C1CCS(=O)(=O)CC1. The third-order valence-corrected chi connectivity index (χ3v) is 16.1. The number of imidazole rings is 1. The zero-order chi connectivity index (χ0) is 61.1. The third kappa shape index (κ3) is 19.2. The molecule has 0 spiro atoms. The molecule has 22 nitrogen and oxygen atoms in total. The van der Waals surface area contributed by atoms with E-state index in [0.29, 0.717) is 24.8 Å². The second kappa shape index (κ2) is 31.0. The predicted molar refractivity (Wildman–Crippen MR) is 303 cm³/mol. The Labute approximate surface area is 485 Å². The summed E-state index contributed by atoms with van der Waals surface area (Å²) < 4.78 is 77.4. The van der Waals surface area contributed by atoms with Gasteiger partial charge in [-0.1, -0.05) is 62.7 Å². The molecule has 26 heteroatoms. The van der Waals surface area contributed by atoms with E-state index in [0.717, 1.165) is 28.7 Å². The van der Waals surface area contributed by atoms with Crippen LogP contribution in [0.25, 0.3) is 11.3 Å². The number of nitrogens with one attached hydrogen (secondary N) is 5. The second-order valence-corrected chi connectivity index (χ2v) is 23.5. The number of hydrogen-bond donors (Lipinski definition) is 7. The molecule has 8 N–H and O–H groups in total. The van der Waals surface area contributed by atoms with Crippen LogP contribution in [0.2, 0.25) is 0 Å². The first-order valence-corrected chi connectivity index (χ1v) is 29.7. The molecule has 454 valence electrons. The van der Waals surface area contributed by atoms with E-state index in [4.69, 9.17) is 15.5 Å². The minimum atomic E-state index is -3.45. The van der Waals surface area contributed by atoms with Gasteiger partial charge in [-0.25, -0.2) is 36.2 Å². The number of aliphatic hydroxyl groups is 1. The van der Waals surface area contributed by atoms with Crippen molar-refractivity contribution in [2.45, 2.75) is 122 Å². The predicted octanol–water partition coefficient (Wildman–Crippen LogP) is 5.10. The largest absolute Gasteiger partial charge is 0.445 e. The van der Waals surface area contributed by atoms with Gasteiger partial charge in [-0.05, 0) is 105 Å². The molecule has 3 heterocycles. The maximum absolute atomic E-state index is 15.3. The van der Waals surface area contributed by atoms with Crippen LogP contribution in [0.4, 0.5) is 28.4 Å². The number of anilines is 1. The summed E-state index contributed by atoms with van der Waals surface area (Å²) in [4.78, 5) is 110. The molecule has 0 bridgehead atoms. The molecule has 5 atom stereocenters. The highest BCUT2D eigenvalue weighted by Gasteiger charge is 2.40. The summed E-state index contributed by atoms with van der Waals surface area (Å²) in [7, 11) is -3.45. The summed E-state index contributed by atoms with van der Waals surface area (Å²) in [5, 5.41) is 23.9. The van der Waals surface area contributed by atoms with E-state index >= 15 is 4.39 Å². The molecule has 0 radical (unpaired) electrons. The monoisotopic (exact) mass is 1190 g/mol. The fourth-order valence-corrected chi connectivity index (χ4v) is 11.3. The quantitative estimate of drug-likeness (QED) is 0.0264. The van der Waals surface area contributed by atoms with Gasteiger partial charge in [0.1, 0.15) is 58.8 Å². The van der Waals surface area contributed by atoms with Gasteiger partial charge in [-0.15, -0.1) is 0 Å². The number of halogens is 3. The molecule has 4 aromatic rings. The summed E-state index contributed by atoms with van der Waals surface area (Å²) in [5.41, 5.74) is 6.56. The second-order valence-electron chi connectivity index (χ2n) is 21.2. The van der Waals surface area contributed by atoms with Gasteiger partial charge in [0.2, 0.25) is 17.7 Å². The minimum Gasteiger partial charge on any atom is -0.445 e. The van der Waals surface area contributed by atoms with Crippen molar-refractivity contribution in [3.8, 4) is 11.3 Å². The molecule has 9 amide bonds. The number of ether oxygens (including phenoxy) is 1. The first-order valence-electron chi connectivity index (χ1n) is 27.8. The van der Waals surface area contributed by atoms with E-state index in [2.05, 4.69) is 26.6 Å². The van der Waals surface area contributed by atoms with Crippen LogP contribution < -0.4 is 32.3 Å². The van der Waals surface area contributed by atoms with Gasteiger partial charge < -0.3 is 51.6 Å². The van der Waals surface area contributed by atoms with Gasteiger partial charge in [-0.3, -0.25) is 33.7 Å². The van der Waals surface area contributed by atoms with Crippen LogP contribution in [0.3, 0.4) is 0 Å². The number of carbonyl (C=O) groups excluding carboxylic acids is 8. The Kier molecular flexibility index (Phi) is 24.0. The van der Waals surface area contributed by atoms with Gasteiger partial charge in [0, 0.05) is 62.2 Å². The van der Waals surface area contributed by atoms with Crippen molar-refractivity contribution >= 4 is 63.1 Å². The number of aromatic nitrogens is 2. The number of urea groups is 1. The van der Waals surface area contributed by atoms with Crippen LogP contribution in [-0.2, 0) is 56.5 Å². The van der Waals surface area contributed by atoms with Crippen LogP contribution >= 0.6 is 0 Å². The summed E-state index contributed by atoms with van der Waals surface area (Å²) in [6.07, 6.45) is 2.99. The third-order valence-electron chi connectivity index (χ3n) is 14.4. The maximum atomic E-state index is 15.3.